The largest absolute Gasteiger partial charge is 0.495 e. The van der Waals surface area contributed by atoms with E-state index in [-0.39, 0.29) is 30.2 Å². The number of aromatic nitrogens is 2. The zero-order valence-electron chi connectivity index (χ0n) is 16.2. The smallest absolute Gasteiger partial charge is 0.251 e. The Hall–Kier alpha value is -2.83. The zero-order valence-corrected chi connectivity index (χ0v) is 17.8. The Kier molecular flexibility index (Phi) is 5.54. The van der Waals surface area contributed by atoms with E-state index in [0.717, 1.165) is 34.3 Å². The molecule has 0 spiro atoms. The summed E-state index contributed by atoms with van der Waals surface area (Å²) in [7, 11) is 1.59. The molecule has 0 saturated carbocycles. The van der Waals surface area contributed by atoms with Crippen molar-refractivity contribution in [1.29, 1.82) is 0 Å². The molecule has 1 aromatic heterocycles. The number of benzene rings is 2. The molecule has 2 aliphatic rings. The average molecular weight is 443 g/mol. The summed E-state index contributed by atoms with van der Waals surface area (Å²) in [6.45, 7) is 0. The summed E-state index contributed by atoms with van der Waals surface area (Å²) < 4.78 is 5.28. The number of anilines is 1. The Morgan fingerprint density at radius 3 is 2.70 bits per heavy atom. The van der Waals surface area contributed by atoms with Crippen LogP contribution >= 0.6 is 24.0 Å². The number of rotatable bonds is 3. The maximum Gasteiger partial charge on any atom is 0.251 e. The van der Waals surface area contributed by atoms with Crippen molar-refractivity contribution in [1.82, 2.24) is 10.2 Å². The molecule has 0 saturated heterocycles. The van der Waals surface area contributed by atoms with Crippen LogP contribution in [0.3, 0.4) is 0 Å². The van der Waals surface area contributed by atoms with E-state index >= 15 is 0 Å². The van der Waals surface area contributed by atoms with Gasteiger partial charge in [0.2, 0.25) is 0 Å². The van der Waals surface area contributed by atoms with Crippen LogP contribution < -0.4 is 9.75 Å². The number of nitrogens with one attached hydrogen (secondary N) is 1. The summed E-state index contributed by atoms with van der Waals surface area (Å²) in [5, 5.41) is 14.8. The number of carbonyl (C=O) groups excluding carboxylic acids is 1. The molecule has 2 atom stereocenters. The Bertz CT molecular complexity index is 1170. The van der Waals surface area contributed by atoms with Crippen LogP contribution in [0.2, 0.25) is 5.02 Å². The van der Waals surface area contributed by atoms with Gasteiger partial charge in [0.05, 0.1) is 41.2 Å². The maximum atomic E-state index is 13.3. The Morgan fingerprint density at radius 2 is 1.93 bits per heavy atom. The number of methoxy groups -OCH3 is 1. The van der Waals surface area contributed by atoms with Crippen molar-refractivity contribution in [3.8, 4) is 5.75 Å². The molecule has 8 heteroatoms. The van der Waals surface area contributed by atoms with Crippen LogP contribution in [0.4, 0.5) is 5.69 Å². The molecule has 0 fully saturated rings. The molecular weight excluding hydrogens is 423 g/mol. The number of H-pyrrole nitrogens is 1. The van der Waals surface area contributed by atoms with Gasteiger partial charge in [0, 0.05) is 11.3 Å². The quantitative estimate of drug-likeness (QED) is 0.581. The normalized spacial score (nSPS) is 20.5. The number of aromatic amines is 1. The lowest BCUT2D eigenvalue weighted by Crippen LogP contribution is -2.45. The first-order valence-corrected chi connectivity index (χ1v) is 9.88. The van der Waals surface area contributed by atoms with Crippen LogP contribution in [-0.2, 0) is 4.79 Å². The van der Waals surface area contributed by atoms with E-state index in [2.05, 4.69) is 22.3 Å². The predicted octanol–water partition coefficient (Wildman–Crippen LogP) is 4.98. The number of amides is 1. The number of fused-ring (bicyclic) bond motifs is 2. The summed E-state index contributed by atoms with van der Waals surface area (Å²) in [5.41, 5.74) is 3.43. The highest BCUT2D eigenvalue weighted by Crippen LogP contribution is 2.38. The molecule has 2 heterocycles. The summed E-state index contributed by atoms with van der Waals surface area (Å²) in [4.78, 5) is 13.3. The average Bonchev–Trinajstić information content (AvgIpc) is 3.22. The van der Waals surface area contributed by atoms with E-state index in [4.69, 9.17) is 21.4 Å². The van der Waals surface area contributed by atoms with Crippen molar-refractivity contribution in [2.24, 2.45) is 16.9 Å². The lowest BCUT2D eigenvalue weighted by atomic mass is 9.76. The summed E-state index contributed by atoms with van der Waals surface area (Å²) in [6.07, 6.45) is 7.44. The van der Waals surface area contributed by atoms with E-state index in [9.17, 15) is 4.79 Å². The van der Waals surface area contributed by atoms with E-state index in [1.807, 2.05) is 36.4 Å². The molecule has 1 aliphatic heterocycles. The lowest BCUT2D eigenvalue weighted by Gasteiger charge is -2.37. The zero-order chi connectivity index (χ0) is 20.0. The fraction of sp³-hybridized carbons (Fsp3) is 0.227. The van der Waals surface area contributed by atoms with Gasteiger partial charge in [-0.1, -0.05) is 23.8 Å². The first-order valence-electron chi connectivity index (χ1n) is 9.50. The van der Waals surface area contributed by atoms with E-state index in [1.165, 1.54) is 5.01 Å². The number of hydrazone groups is 1. The monoisotopic (exact) mass is 442 g/mol. The van der Waals surface area contributed by atoms with Crippen molar-refractivity contribution in [2.75, 3.05) is 12.1 Å². The number of hydrogen-bond donors (Lipinski definition) is 1. The molecule has 1 N–H and O–H groups in total. The van der Waals surface area contributed by atoms with Crippen LogP contribution in [0.5, 0.6) is 5.75 Å². The van der Waals surface area contributed by atoms with E-state index in [1.54, 1.807) is 13.3 Å². The fourth-order valence-corrected chi connectivity index (χ4v) is 4.38. The molecule has 1 amide bonds. The molecule has 6 nitrogen and oxygen atoms in total. The van der Waals surface area contributed by atoms with Gasteiger partial charge in [-0.3, -0.25) is 9.89 Å². The van der Waals surface area contributed by atoms with Gasteiger partial charge >= 0.3 is 0 Å². The van der Waals surface area contributed by atoms with Gasteiger partial charge in [-0.2, -0.15) is 10.2 Å². The Balaban J connectivity index is 0.00000218. The number of halogens is 2. The maximum absolute atomic E-state index is 13.3. The topological polar surface area (TPSA) is 70.6 Å². The summed E-state index contributed by atoms with van der Waals surface area (Å²) >= 11 is 6.37. The molecule has 0 bridgehead atoms. The van der Waals surface area contributed by atoms with Crippen LogP contribution in [-0.4, -0.2) is 28.9 Å². The van der Waals surface area contributed by atoms with Gasteiger partial charge < -0.3 is 4.74 Å². The second-order valence-electron chi connectivity index (χ2n) is 7.28. The van der Waals surface area contributed by atoms with Gasteiger partial charge in [-0.25, -0.2) is 5.01 Å². The molecule has 2 unspecified atom stereocenters. The third kappa shape index (κ3) is 3.36. The van der Waals surface area contributed by atoms with Crippen molar-refractivity contribution in [2.45, 2.75) is 12.8 Å². The Morgan fingerprint density at radius 1 is 1.13 bits per heavy atom. The number of nitrogens with zero attached hydrogens (tertiary/aromatic N) is 3. The first kappa shape index (κ1) is 20.4. The van der Waals surface area contributed by atoms with Gasteiger partial charge in [-0.05, 0) is 54.8 Å². The third-order valence-corrected chi connectivity index (χ3v) is 5.93. The van der Waals surface area contributed by atoms with E-state index in [0.29, 0.717) is 17.2 Å². The van der Waals surface area contributed by atoms with Crippen molar-refractivity contribution in [3.63, 3.8) is 0 Å². The number of allylic oxidation sites excluding steroid dienone is 2. The number of carbonyl (C=O) groups is 1. The Labute approximate surface area is 185 Å². The van der Waals surface area contributed by atoms with E-state index < -0.39 is 0 Å². The molecule has 5 rings (SSSR count). The number of ether oxygens (including phenoxy) is 1. The minimum atomic E-state index is -0.145. The van der Waals surface area contributed by atoms with Crippen LogP contribution in [0.25, 0.3) is 10.9 Å². The van der Waals surface area contributed by atoms with Crippen LogP contribution in [0, 0.1) is 11.8 Å². The standard InChI is InChI=1S/C22H19ClN4O2.ClH/c1-29-20-9-6-13(11-18(20)23)21-16-4-2-3-5-17(16)22(28)27(26-21)15-7-8-19-14(10-15)12-24-25-19;/h2-3,6-12,16-17H,4-5H2,1H3,(H,24,25);1H. The minimum Gasteiger partial charge on any atom is -0.495 e. The van der Waals surface area contributed by atoms with Gasteiger partial charge in [0.15, 0.2) is 0 Å². The second-order valence-corrected chi connectivity index (χ2v) is 7.69. The van der Waals surface area contributed by atoms with Gasteiger partial charge in [-0.15, -0.1) is 12.4 Å². The SMILES string of the molecule is COc1ccc(C2=NN(c3ccc4[nH]ncc4c3)C(=O)C3CC=CCC23)cc1Cl.Cl. The molecule has 1 aliphatic carbocycles. The third-order valence-electron chi connectivity index (χ3n) is 5.63. The van der Waals surface area contributed by atoms with Gasteiger partial charge in [0.25, 0.3) is 5.91 Å². The summed E-state index contributed by atoms with van der Waals surface area (Å²) in [6, 6.07) is 11.4. The highest BCUT2D eigenvalue weighted by atomic mass is 35.5. The molecule has 3 aromatic rings. The molecule has 154 valence electrons. The molecular formula is C22H20Cl2N4O2. The highest BCUT2D eigenvalue weighted by Gasteiger charge is 2.40. The lowest BCUT2D eigenvalue weighted by molar-refractivity contribution is -0.123. The van der Waals surface area contributed by atoms with Crippen LogP contribution in [0.15, 0.2) is 59.8 Å². The predicted molar refractivity (Wildman–Crippen MR) is 121 cm³/mol. The first-order chi connectivity index (χ1) is 14.2. The van der Waals surface area contributed by atoms with Gasteiger partial charge in [0.1, 0.15) is 5.75 Å². The number of hydrogen-bond acceptors (Lipinski definition) is 4. The van der Waals surface area contributed by atoms with Crippen molar-refractivity contribution >= 4 is 52.2 Å². The highest BCUT2D eigenvalue weighted by molar-refractivity contribution is 6.32. The second kappa shape index (κ2) is 8.13. The van der Waals surface area contributed by atoms with Crippen LogP contribution in [0.1, 0.15) is 18.4 Å². The minimum absolute atomic E-state index is 0. The molecule has 0 radical (unpaired) electrons. The summed E-state index contributed by atoms with van der Waals surface area (Å²) in [5.74, 6) is 0.523. The van der Waals surface area contributed by atoms with Crippen molar-refractivity contribution < 1.29 is 9.53 Å². The fourth-order valence-electron chi connectivity index (χ4n) is 4.12. The van der Waals surface area contributed by atoms with Crippen molar-refractivity contribution in [3.05, 3.63) is 65.3 Å². The molecule has 2 aromatic carbocycles. The molecule has 30 heavy (non-hydrogen) atoms.